The van der Waals surface area contributed by atoms with E-state index in [-0.39, 0.29) is 61.0 Å². The van der Waals surface area contributed by atoms with E-state index in [1.54, 1.807) is 34.3 Å². The summed E-state index contributed by atoms with van der Waals surface area (Å²) in [4.78, 5) is 61.2. The first-order valence-corrected chi connectivity index (χ1v) is 25.3. The highest BCUT2D eigenvalue weighted by molar-refractivity contribution is 6.39. The summed E-state index contributed by atoms with van der Waals surface area (Å²) < 4.78 is 33.2. The van der Waals surface area contributed by atoms with Crippen LogP contribution in [0, 0.1) is 29.6 Å². The first-order chi connectivity index (χ1) is 32.5. The molecule has 0 spiro atoms. The Balaban J connectivity index is 1.30. The molecular weight excluding hydrogens is 863 g/mol. The number of rotatable bonds is 10. The zero-order valence-electron chi connectivity index (χ0n) is 42.6. The molecule has 4 heterocycles. The average molecular weight is 944 g/mol. The maximum Gasteiger partial charge on any atom is 0.329 e. The monoisotopic (exact) mass is 944 g/mol. The summed E-state index contributed by atoms with van der Waals surface area (Å²) in [5.41, 5.74) is 4.28. The number of hydrogen-bond donors (Lipinski definition) is 1. The van der Waals surface area contributed by atoms with Crippen LogP contribution in [0.1, 0.15) is 119 Å². The van der Waals surface area contributed by atoms with Crippen LogP contribution in [0.3, 0.4) is 0 Å². The predicted octanol–water partition coefficient (Wildman–Crippen LogP) is 8.79. The fourth-order valence-electron chi connectivity index (χ4n) is 11.7. The number of likely N-dealkylation sites (N-methyl/N-ethyl adjacent to an activating group) is 1. The molecule has 0 radical (unpaired) electrons. The zero-order chi connectivity index (χ0) is 49.4. The summed E-state index contributed by atoms with van der Waals surface area (Å²) in [7, 11) is 7.03. The third kappa shape index (κ3) is 11.9. The van der Waals surface area contributed by atoms with Gasteiger partial charge in [0.05, 0.1) is 24.4 Å². The van der Waals surface area contributed by atoms with Crippen LogP contribution >= 0.6 is 0 Å². The molecule has 1 aromatic heterocycles. The number of aromatic nitrogens is 1. The number of aliphatic hydroxyl groups is 1. The number of carbonyl (C=O) groups is 4. The van der Waals surface area contributed by atoms with Crippen molar-refractivity contribution >= 4 is 40.0 Å². The van der Waals surface area contributed by atoms with Gasteiger partial charge in [0.25, 0.3) is 11.7 Å². The molecule has 13 heteroatoms. The van der Waals surface area contributed by atoms with Crippen LogP contribution in [0.25, 0.3) is 10.9 Å². The van der Waals surface area contributed by atoms with Gasteiger partial charge in [0.2, 0.25) is 5.79 Å². The molecule has 3 fully saturated rings. The number of ketones is 2. The number of cyclic esters (lactones) is 1. The molecule has 376 valence electrons. The second-order valence-electron chi connectivity index (χ2n) is 20.6. The van der Waals surface area contributed by atoms with Crippen molar-refractivity contribution in [2.45, 2.75) is 174 Å². The smallest absolute Gasteiger partial charge is 0.329 e. The topological polar surface area (TPSA) is 146 Å². The largest absolute Gasteiger partial charge is 0.456 e. The van der Waals surface area contributed by atoms with Crippen molar-refractivity contribution in [1.29, 1.82) is 0 Å². The summed E-state index contributed by atoms with van der Waals surface area (Å²) in [5, 5.41) is 13.4. The predicted molar refractivity (Wildman–Crippen MR) is 265 cm³/mol. The van der Waals surface area contributed by atoms with Crippen molar-refractivity contribution in [1.82, 2.24) is 9.47 Å². The van der Waals surface area contributed by atoms with Crippen molar-refractivity contribution in [3.63, 3.8) is 0 Å². The number of esters is 1. The normalized spacial score (nSPS) is 35.2. The minimum atomic E-state index is -2.48. The number of allylic oxidation sites excluding steroid dienone is 4. The standard InChI is InChI=1S/C55H81N3O10/c1-12-16-41-28-34(3)27-35(4)29-48(65-10)51-49(66-11)31-38(7)55(63,68-51)52(60)53(61)58-25-15-14-17-45(58)54(62)67-50(36(5)18-23-46(41)59)37(6)30-39-19-21-44(47(32-39)64-9)56(8)42-20-22-43-40(33-42)24-26-57(43)13-2/h12,20,22,24,26,28,30,33,35-36,38-39,41,44-45,47-51,63H,1,13-19,21,23,25,27,29,31-32H2,2-11H3/b34-28+,37-30?. The van der Waals surface area contributed by atoms with Crippen LogP contribution in [0.2, 0.25) is 0 Å². The lowest BCUT2D eigenvalue weighted by atomic mass is 9.80. The van der Waals surface area contributed by atoms with Gasteiger partial charge < -0.3 is 43.2 Å². The minimum Gasteiger partial charge on any atom is -0.456 e. The molecule has 1 saturated carbocycles. The van der Waals surface area contributed by atoms with Gasteiger partial charge in [-0.1, -0.05) is 44.6 Å². The van der Waals surface area contributed by atoms with Gasteiger partial charge in [-0.15, -0.1) is 6.58 Å². The number of nitrogens with zero attached hydrogens (tertiary/aromatic N) is 3. The van der Waals surface area contributed by atoms with Crippen molar-refractivity contribution in [3.05, 3.63) is 66.4 Å². The lowest BCUT2D eigenvalue weighted by molar-refractivity contribution is -0.302. The Kier molecular flexibility index (Phi) is 18.5. The van der Waals surface area contributed by atoms with E-state index in [9.17, 15) is 24.3 Å². The van der Waals surface area contributed by atoms with Crippen LogP contribution in [-0.2, 0) is 49.4 Å². The minimum absolute atomic E-state index is 0.0539. The van der Waals surface area contributed by atoms with E-state index in [1.807, 2.05) is 20.8 Å². The maximum absolute atomic E-state index is 14.6. The van der Waals surface area contributed by atoms with Gasteiger partial charge in [0, 0.05) is 82.5 Å². The molecular formula is C55H81N3O10. The molecule has 2 saturated heterocycles. The van der Waals surface area contributed by atoms with E-state index in [0.717, 1.165) is 42.6 Å². The summed E-state index contributed by atoms with van der Waals surface area (Å²) in [6.45, 7) is 17.0. The Morgan fingerprint density at radius 2 is 1.68 bits per heavy atom. The molecule has 1 aliphatic carbocycles. The summed E-state index contributed by atoms with van der Waals surface area (Å²) in [6.07, 6.45) is 12.2. The number of hydrogen-bond acceptors (Lipinski definition) is 11. The quantitative estimate of drug-likeness (QED) is 0.139. The third-order valence-corrected chi connectivity index (χ3v) is 15.7. The highest BCUT2D eigenvalue weighted by atomic mass is 16.7. The van der Waals surface area contributed by atoms with E-state index >= 15 is 0 Å². The van der Waals surface area contributed by atoms with Gasteiger partial charge >= 0.3 is 5.97 Å². The average Bonchev–Trinajstić information content (AvgIpc) is 3.76. The van der Waals surface area contributed by atoms with E-state index < -0.39 is 59.8 Å². The number of amides is 1. The van der Waals surface area contributed by atoms with Gasteiger partial charge in [0.1, 0.15) is 24.0 Å². The number of fused-ring (bicyclic) bond motifs is 4. The highest BCUT2D eigenvalue weighted by Gasteiger charge is 2.56. The number of benzene rings is 1. The van der Waals surface area contributed by atoms with Crippen LogP contribution in [0.5, 0.6) is 0 Å². The van der Waals surface area contributed by atoms with Crippen LogP contribution in [0.4, 0.5) is 5.69 Å². The zero-order valence-corrected chi connectivity index (χ0v) is 42.6. The number of anilines is 1. The Hall–Kier alpha value is -4.14. The van der Waals surface area contributed by atoms with Crippen LogP contribution in [0.15, 0.2) is 66.4 Å². The van der Waals surface area contributed by atoms with E-state index in [1.165, 1.54) is 15.8 Å². The van der Waals surface area contributed by atoms with Crippen molar-refractivity contribution in [2.24, 2.45) is 29.6 Å². The number of carbonyl (C=O) groups excluding carboxylic acids is 4. The van der Waals surface area contributed by atoms with Gasteiger partial charge in [-0.2, -0.15) is 0 Å². The van der Waals surface area contributed by atoms with Gasteiger partial charge in [-0.3, -0.25) is 14.4 Å². The number of ether oxygens (including phenoxy) is 5. The summed E-state index contributed by atoms with van der Waals surface area (Å²) in [6, 6.07) is 7.89. The summed E-state index contributed by atoms with van der Waals surface area (Å²) >= 11 is 0. The lowest BCUT2D eigenvalue weighted by Gasteiger charge is -2.47. The first kappa shape index (κ1) is 53.2. The molecule has 13 atom stereocenters. The summed E-state index contributed by atoms with van der Waals surface area (Å²) in [5.74, 6) is -6.31. The molecule has 3 aliphatic heterocycles. The molecule has 13 nitrogen and oxygen atoms in total. The number of piperidine rings is 1. The SMILES string of the molecule is C=CCC1/C=C(\C)CC(C)CC(OC)C2OC(O)(C(=O)C(=O)N3CCCCC3C(=O)OC(C(C)=CC3CCC(N(C)c4ccc5c(ccn5CC)c4)C(OC)C3)C(C)CCC1=O)C(C)CC2OC. The van der Waals surface area contributed by atoms with Crippen molar-refractivity contribution in [3.8, 4) is 0 Å². The van der Waals surface area contributed by atoms with Crippen LogP contribution < -0.4 is 4.90 Å². The highest BCUT2D eigenvalue weighted by Crippen LogP contribution is 2.40. The fraction of sp³-hybridized carbons (Fsp3) is 0.673. The Morgan fingerprint density at radius 1 is 0.956 bits per heavy atom. The van der Waals surface area contributed by atoms with Gasteiger partial charge in [0.15, 0.2) is 0 Å². The number of aryl methyl sites for hydroxylation is 1. The molecule has 2 aromatic rings. The molecule has 4 aliphatic rings. The maximum atomic E-state index is 14.6. The van der Waals surface area contributed by atoms with Gasteiger partial charge in [-0.25, -0.2) is 4.79 Å². The lowest BCUT2D eigenvalue weighted by Crippen LogP contribution is -2.64. The second kappa shape index (κ2) is 23.6. The van der Waals surface area contributed by atoms with E-state index in [4.69, 9.17) is 23.7 Å². The Bertz CT molecular complexity index is 2150. The van der Waals surface area contributed by atoms with Crippen molar-refractivity contribution < 1.29 is 48.0 Å². The molecule has 68 heavy (non-hydrogen) atoms. The molecule has 1 aromatic carbocycles. The molecule has 1 amide bonds. The van der Waals surface area contributed by atoms with E-state index in [0.29, 0.717) is 44.9 Å². The van der Waals surface area contributed by atoms with Crippen molar-refractivity contribution in [2.75, 3.05) is 39.8 Å². The first-order valence-electron chi connectivity index (χ1n) is 25.3. The molecule has 1 N–H and O–H groups in total. The number of methoxy groups -OCH3 is 3. The second-order valence-corrected chi connectivity index (χ2v) is 20.6. The third-order valence-electron chi connectivity index (χ3n) is 15.7. The van der Waals surface area contributed by atoms with E-state index in [2.05, 4.69) is 79.6 Å². The molecule has 2 bridgehead atoms. The van der Waals surface area contributed by atoms with Crippen LogP contribution in [-0.4, -0.2) is 121 Å². The fourth-order valence-corrected chi connectivity index (χ4v) is 11.7. The molecule has 13 unspecified atom stereocenters. The number of Topliss-reactive ketones (excluding diaryl/α,β-unsaturated/α-hetero) is 2. The van der Waals surface area contributed by atoms with Gasteiger partial charge in [-0.05, 0) is 139 Å². The Labute approximate surface area is 405 Å². The Morgan fingerprint density at radius 3 is 2.37 bits per heavy atom. The molecule has 6 rings (SSSR count).